The first-order valence-electron chi connectivity index (χ1n) is 7.52. The molecule has 3 aromatic rings. The standard InChI is InChI=1S/C18H18N2O3/c1-3-12-6-4-7-13-14(10-19-17(12)13)16(21)11-23-18(22)15-8-5-9-20(15)2/h4-10,19H,3,11H2,1-2H3. The number of benzene rings is 1. The maximum absolute atomic E-state index is 12.4. The Morgan fingerprint density at radius 1 is 1.22 bits per heavy atom. The molecular formula is C18H18N2O3. The van der Waals surface area contributed by atoms with Gasteiger partial charge in [0.15, 0.2) is 6.61 Å². The summed E-state index contributed by atoms with van der Waals surface area (Å²) >= 11 is 0. The van der Waals surface area contributed by atoms with E-state index in [0.717, 1.165) is 22.9 Å². The largest absolute Gasteiger partial charge is 0.453 e. The van der Waals surface area contributed by atoms with E-state index in [1.54, 1.807) is 36.1 Å². The van der Waals surface area contributed by atoms with Crippen molar-refractivity contribution in [2.75, 3.05) is 6.61 Å². The zero-order chi connectivity index (χ0) is 16.4. The highest BCUT2D eigenvalue weighted by molar-refractivity contribution is 6.09. The highest BCUT2D eigenvalue weighted by Crippen LogP contribution is 2.22. The molecular weight excluding hydrogens is 292 g/mol. The van der Waals surface area contributed by atoms with Gasteiger partial charge in [0, 0.05) is 35.9 Å². The van der Waals surface area contributed by atoms with Gasteiger partial charge in [0.25, 0.3) is 0 Å². The van der Waals surface area contributed by atoms with Crippen molar-refractivity contribution in [2.45, 2.75) is 13.3 Å². The molecule has 23 heavy (non-hydrogen) atoms. The summed E-state index contributed by atoms with van der Waals surface area (Å²) in [5.41, 5.74) is 3.09. The number of carbonyl (C=O) groups is 2. The van der Waals surface area contributed by atoms with E-state index in [1.807, 2.05) is 18.2 Å². The average Bonchev–Trinajstić information content (AvgIpc) is 3.18. The Balaban J connectivity index is 1.77. The Hall–Kier alpha value is -2.82. The third kappa shape index (κ3) is 2.77. The lowest BCUT2D eigenvalue weighted by Crippen LogP contribution is -2.16. The van der Waals surface area contributed by atoms with Crippen molar-refractivity contribution in [2.24, 2.45) is 7.05 Å². The Morgan fingerprint density at radius 2 is 2.04 bits per heavy atom. The second-order valence-electron chi connectivity index (χ2n) is 5.40. The number of rotatable bonds is 5. The van der Waals surface area contributed by atoms with Crippen LogP contribution in [0.25, 0.3) is 10.9 Å². The first kappa shape index (κ1) is 15.1. The number of esters is 1. The Morgan fingerprint density at radius 3 is 2.74 bits per heavy atom. The number of ketones is 1. The molecule has 0 aliphatic rings. The molecule has 2 heterocycles. The maximum Gasteiger partial charge on any atom is 0.355 e. The molecule has 5 heteroatoms. The van der Waals surface area contributed by atoms with Crippen molar-refractivity contribution in [1.29, 1.82) is 0 Å². The molecule has 5 nitrogen and oxygen atoms in total. The molecule has 0 radical (unpaired) electrons. The quantitative estimate of drug-likeness (QED) is 0.582. The second-order valence-corrected chi connectivity index (χ2v) is 5.40. The molecule has 0 unspecified atom stereocenters. The topological polar surface area (TPSA) is 64.1 Å². The number of Topliss-reactive ketones (excluding diaryl/α,β-unsaturated/α-hetero) is 1. The molecule has 0 bridgehead atoms. The highest BCUT2D eigenvalue weighted by atomic mass is 16.5. The van der Waals surface area contributed by atoms with Crippen LogP contribution in [0.3, 0.4) is 0 Å². The van der Waals surface area contributed by atoms with Crippen LogP contribution >= 0.6 is 0 Å². The molecule has 0 amide bonds. The predicted molar refractivity (Wildman–Crippen MR) is 87.7 cm³/mol. The van der Waals surface area contributed by atoms with Crippen LogP contribution in [0.4, 0.5) is 0 Å². The van der Waals surface area contributed by atoms with Crippen molar-refractivity contribution in [3.63, 3.8) is 0 Å². The number of aryl methyl sites for hydroxylation is 2. The molecule has 118 valence electrons. The molecule has 0 aliphatic heterocycles. The van der Waals surface area contributed by atoms with E-state index in [4.69, 9.17) is 4.74 Å². The minimum absolute atomic E-state index is 0.216. The number of carbonyl (C=O) groups excluding carboxylic acids is 2. The van der Waals surface area contributed by atoms with Gasteiger partial charge >= 0.3 is 5.97 Å². The minimum Gasteiger partial charge on any atom is -0.453 e. The Kier molecular flexibility index (Phi) is 4.02. The number of hydrogen-bond donors (Lipinski definition) is 1. The minimum atomic E-state index is -0.500. The monoisotopic (exact) mass is 310 g/mol. The van der Waals surface area contributed by atoms with E-state index >= 15 is 0 Å². The second kappa shape index (κ2) is 6.12. The van der Waals surface area contributed by atoms with Gasteiger partial charge in [0.1, 0.15) is 5.69 Å². The van der Waals surface area contributed by atoms with Crippen molar-refractivity contribution < 1.29 is 14.3 Å². The summed E-state index contributed by atoms with van der Waals surface area (Å²) in [5, 5.41) is 0.865. The lowest BCUT2D eigenvalue weighted by molar-refractivity contribution is 0.0465. The summed E-state index contributed by atoms with van der Waals surface area (Å²) in [5.74, 6) is -0.716. The van der Waals surface area contributed by atoms with Crippen LogP contribution in [0.15, 0.2) is 42.7 Å². The number of hydrogen-bond acceptors (Lipinski definition) is 3. The summed E-state index contributed by atoms with van der Waals surface area (Å²) in [4.78, 5) is 27.5. The van der Waals surface area contributed by atoms with Gasteiger partial charge in [0.05, 0.1) is 0 Å². The molecule has 3 rings (SSSR count). The summed E-state index contributed by atoms with van der Waals surface area (Å²) < 4.78 is 6.79. The summed E-state index contributed by atoms with van der Waals surface area (Å²) in [6.07, 6.45) is 4.32. The zero-order valence-corrected chi connectivity index (χ0v) is 13.1. The molecule has 1 aromatic carbocycles. The average molecular weight is 310 g/mol. The fourth-order valence-corrected chi connectivity index (χ4v) is 2.70. The normalized spacial score (nSPS) is 10.9. The lowest BCUT2D eigenvalue weighted by atomic mass is 10.1. The lowest BCUT2D eigenvalue weighted by Gasteiger charge is -2.05. The molecule has 0 atom stereocenters. The molecule has 1 N–H and O–H groups in total. The number of H-pyrrole nitrogens is 1. The van der Waals surface area contributed by atoms with Gasteiger partial charge in [-0.05, 0) is 24.1 Å². The number of aromatic amines is 1. The summed E-state index contributed by atoms with van der Waals surface area (Å²) in [6.45, 7) is 1.80. The van der Waals surface area contributed by atoms with Crippen molar-refractivity contribution in [3.05, 3.63) is 59.5 Å². The fraction of sp³-hybridized carbons (Fsp3) is 0.222. The van der Waals surface area contributed by atoms with E-state index in [-0.39, 0.29) is 12.4 Å². The highest BCUT2D eigenvalue weighted by Gasteiger charge is 2.17. The van der Waals surface area contributed by atoms with Crippen LogP contribution in [-0.2, 0) is 18.2 Å². The Labute approximate surface area is 133 Å². The molecule has 0 saturated carbocycles. The molecule has 0 saturated heterocycles. The number of nitrogens with zero attached hydrogens (tertiary/aromatic N) is 1. The number of aromatic nitrogens is 2. The van der Waals surface area contributed by atoms with Crippen molar-refractivity contribution in [3.8, 4) is 0 Å². The Bertz CT molecular complexity index is 873. The maximum atomic E-state index is 12.4. The van der Waals surface area contributed by atoms with Gasteiger partial charge in [-0.25, -0.2) is 4.79 Å². The van der Waals surface area contributed by atoms with Crippen LogP contribution in [0.2, 0.25) is 0 Å². The van der Waals surface area contributed by atoms with Crippen LogP contribution in [0, 0.1) is 0 Å². The fourth-order valence-electron chi connectivity index (χ4n) is 2.70. The molecule has 0 spiro atoms. The van der Waals surface area contributed by atoms with E-state index in [9.17, 15) is 9.59 Å². The smallest absolute Gasteiger partial charge is 0.355 e. The van der Waals surface area contributed by atoms with Gasteiger partial charge in [-0.3, -0.25) is 4.79 Å². The summed E-state index contributed by atoms with van der Waals surface area (Å²) in [6, 6.07) is 9.28. The van der Waals surface area contributed by atoms with Gasteiger partial charge in [0.2, 0.25) is 5.78 Å². The molecule has 0 aliphatic carbocycles. The van der Waals surface area contributed by atoms with Crippen molar-refractivity contribution >= 4 is 22.7 Å². The van der Waals surface area contributed by atoms with Gasteiger partial charge in [-0.1, -0.05) is 25.1 Å². The third-order valence-corrected chi connectivity index (χ3v) is 3.97. The van der Waals surface area contributed by atoms with E-state index in [1.165, 1.54) is 0 Å². The third-order valence-electron chi connectivity index (χ3n) is 3.97. The van der Waals surface area contributed by atoms with Gasteiger partial charge < -0.3 is 14.3 Å². The number of ether oxygens (including phenoxy) is 1. The van der Waals surface area contributed by atoms with Gasteiger partial charge in [-0.15, -0.1) is 0 Å². The SMILES string of the molecule is CCc1cccc2c(C(=O)COC(=O)c3cccn3C)c[nH]c12. The summed E-state index contributed by atoms with van der Waals surface area (Å²) in [7, 11) is 1.75. The number of para-hydroxylation sites is 1. The zero-order valence-electron chi connectivity index (χ0n) is 13.1. The number of fused-ring (bicyclic) bond motifs is 1. The first-order chi connectivity index (χ1) is 11.1. The van der Waals surface area contributed by atoms with Crippen LogP contribution in [0.1, 0.15) is 33.3 Å². The van der Waals surface area contributed by atoms with Crippen LogP contribution < -0.4 is 0 Å². The van der Waals surface area contributed by atoms with E-state index < -0.39 is 5.97 Å². The number of nitrogens with one attached hydrogen (secondary N) is 1. The molecule has 2 aromatic heterocycles. The van der Waals surface area contributed by atoms with Crippen LogP contribution in [0.5, 0.6) is 0 Å². The van der Waals surface area contributed by atoms with Crippen molar-refractivity contribution in [1.82, 2.24) is 9.55 Å². The van der Waals surface area contributed by atoms with E-state index in [2.05, 4.69) is 11.9 Å². The van der Waals surface area contributed by atoms with Gasteiger partial charge in [-0.2, -0.15) is 0 Å². The van der Waals surface area contributed by atoms with E-state index in [0.29, 0.717) is 11.3 Å². The van der Waals surface area contributed by atoms with Crippen LogP contribution in [-0.4, -0.2) is 27.9 Å². The molecule has 0 fully saturated rings. The predicted octanol–water partition coefficient (Wildman–Crippen LogP) is 3.11. The first-order valence-corrected chi connectivity index (χ1v) is 7.52.